The third-order valence-corrected chi connectivity index (χ3v) is 2.82. The van der Waals surface area contributed by atoms with E-state index in [1.807, 2.05) is 27.0 Å². The number of benzene rings is 1. The fourth-order valence-electron chi connectivity index (χ4n) is 1.86. The predicted molar refractivity (Wildman–Crippen MR) is 81.9 cm³/mol. The summed E-state index contributed by atoms with van der Waals surface area (Å²) in [5.41, 5.74) is 1.29. The van der Waals surface area contributed by atoms with Gasteiger partial charge in [-0.25, -0.2) is 9.18 Å². The molecule has 0 fully saturated rings. The number of aromatic nitrogens is 2. The summed E-state index contributed by atoms with van der Waals surface area (Å²) in [7, 11) is 0. The average molecular weight is 305 g/mol. The van der Waals surface area contributed by atoms with E-state index in [0.29, 0.717) is 13.1 Å². The minimum atomic E-state index is -0.508. The first-order valence-corrected chi connectivity index (χ1v) is 7.09. The summed E-state index contributed by atoms with van der Waals surface area (Å²) in [4.78, 5) is 11.5. The van der Waals surface area contributed by atoms with Crippen molar-refractivity contribution in [2.45, 2.75) is 32.9 Å². The van der Waals surface area contributed by atoms with E-state index in [-0.39, 0.29) is 5.82 Å². The van der Waals surface area contributed by atoms with Crippen LogP contribution in [0, 0.1) is 5.82 Å². The quantitative estimate of drug-likeness (QED) is 0.943. The van der Waals surface area contributed by atoms with E-state index in [1.54, 1.807) is 23.0 Å². The Hall–Kier alpha value is -2.37. The lowest BCUT2D eigenvalue weighted by Gasteiger charge is -2.19. The number of nitrogens with one attached hydrogen (secondary N) is 1. The minimum absolute atomic E-state index is 0.266. The molecule has 2 aromatic rings. The van der Waals surface area contributed by atoms with Crippen LogP contribution in [0.1, 0.15) is 20.8 Å². The van der Waals surface area contributed by atoms with Gasteiger partial charge in [-0.3, -0.25) is 4.68 Å². The molecule has 1 amide bonds. The number of carbonyl (C=O) groups is 1. The van der Waals surface area contributed by atoms with Crippen molar-refractivity contribution in [2.75, 3.05) is 6.54 Å². The van der Waals surface area contributed by atoms with Crippen molar-refractivity contribution in [1.29, 1.82) is 0 Å². The summed E-state index contributed by atoms with van der Waals surface area (Å²) in [6, 6.07) is 6.23. The van der Waals surface area contributed by atoms with Crippen LogP contribution in [0.4, 0.5) is 9.18 Å². The standard InChI is InChI=1S/C16H20FN3O2/c1-16(2,3)22-15(21)18-8-9-20-11-13(10-19-20)12-4-6-14(17)7-5-12/h4-7,10-11H,8-9H2,1-3H3,(H,18,21). The first kappa shape index (κ1) is 16.0. The molecule has 22 heavy (non-hydrogen) atoms. The van der Waals surface area contributed by atoms with Crippen LogP contribution >= 0.6 is 0 Å². The van der Waals surface area contributed by atoms with E-state index in [4.69, 9.17) is 4.74 Å². The second kappa shape index (κ2) is 6.60. The molecule has 0 spiro atoms. The van der Waals surface area contributed by atoms with Crippen LogP contribution in [0.25, 0.3) is 11.1 Å². The highest BCUT2D eigenvalue weighted by atomic mass is 19.1. The van der Waals surface area contributed by atoms with Crippen LogP contribution in [0.3, 0.4) is 0 Å². The van der Waals surface area contributed by atoms with E-state index >= 15 is 0 Å². The molecule has 1 heterocycles. The van der Waals surface area contributed by atoms with E-state index in [1.165, 1.54) is 12.1 Å². The fourth-order valence-corrected chi connectivity index (χ4v) is 1.86. The summed E-state index contributed by atoms with van der Waals surface area (Å²) < 4.78 is 19.8. The summed E-state index contributed by atoms with van der Waals surface area (Å²) >= 11 is 0. The van der Waals surface area contributed by atoms with Crippen molar-refractivity contribution >= 4 is 6.09 Å². The van der Waals surface area contributed by atoms with E-state index < -0.39 is 11.7 Å². The van der Waals surface area contributed by atoms with Gasteiger partial charge in [-0.15, -0.1) is 0 Å². The number of hydrogen-bond acceptors (Lipinski definition) is 3. The lowest BCUT2D eigenvalue weighted by atomic mass is 10.1. The Kier molecular flexibility index (Phi) is 4.80. The number of alkyl carbamates (subject to hydrolysis) is 1. The van der Waals surface area contributed by atoms with Crippen molar-refractivity contribution in [3.05, 3.63) is 42.5 Å². The van der Waals surface area contributed by atoms with Gasteiger partial charge in [0.25, 0.3) is 0 Å². The summed E-state index contributed by atoms with van der Waals surface area (Å²) in [5.74, 6) is -0.266. The Labute approximate surface area is 129 Å². The second-order valence-corrected chi connectivity index (χ2v) is 5.93. The summed E-state index contributed by atoms with van der Waals surface area (Å²) in [6.07, 6.45) is 3.11. The Bertz CT molecular complexity index is 630. The molecule has 0 unspecified atom stereocenters. The molecule has 2 rings (SSSR count). The first-order valence-electron chi connectivity index (χ1n) is 7.09. The lowest BCUT2D eigenvalue weighted by molar-refractivity contribution is 0.0525. The smallest absolute Gasteiger partial charge is 0.407 e. The number of amides is 1. The Morgan fingerprint density at radius 3 is 2.59 bits per heavy atom. The van der Waals surface area contributed by atoms with Crippen LogP contribution in [0.15, 0.2) is 36.7 Å². The van der Waals surface area contributed by atoms with Crippen molar-refractivity contribution < 1.29 is 13.9 Å². The van der Waals surface area contributed by atoms with Crippen LogP contribution in [0.5, 0.6) is 0 Å². The molecule has 1 aromatic heterocycles. The van der Waals surface area contributed by atoms with Gasteiger partial charge in [-0.2, -0.15) is 5.10 Å². The van der Waals surface area contributed by atoms with Crippen LogP contribution < -0.4 is 5.32 Å². The molecule has 0 aliphatic carbocycles. The predicted octanol–water partition coefficient (Wildman–Crippen LogP) is 3.21. The third-order valence-electron chi connectivity index (χ3n) is 2.82. The van der Waals surface area contributed by atoms with Gasteiger partial charge in [-0.1, -0.05) is 12.1 Å². The van der Waals surface area contributed by atoms with E-state index in [0.717, 1.165) is 11.1 Å². The number of halogens is 1. The van der Waals surface area contributed by atoms with Crippen molar-refractivity contribution in [3.63, 3.8) is 0 Å². The molecule has 1 N–H and O–H groups in total. The molecular formula is C16H20FN3O2. The normalized spacial score (nSPS) is 11.3. The molecule has 0 saturated heterocycles. The lowest BCUT2D eigenvalue weighted by Crippen LogP contribution is -2.34. The van der Waals surface area contributed by atoms with Gasteiger partial charge in [0.15, 0.2) is 0 Å². The number of rotatable bonds is 4. The second-order valence-electron chi connectivity index (χ2n) is 5.93. The van der Waals surface area contributed by atoms with E-state index in [2.05, 4.69) is 10.4 Å². The minimum Gasteiger partial charge on any atom is -0.444 e. The maximum atomic E-state index is 12.9. The van der Waals surface area contributed by atoms with Crippen molar-refractivity contribution in [1.82, 2.24) is 15.1 Å². The molecular weight excluding hydrogens is 285 g/mol. The summed E-state index contributed by atoms with van der Waals surface area (Å²) in [5, 5.41) is 6.89. The Balaban J connectivity index is 1.85. The maximum Gasteiger partial charge on any atom is 0.407 e. The van der Waals surface area contributed by atoms with E-state index in [9.17, 15) is 9.18 Å². The molecule has 0 radical (unpaired) electrons. The maximum absolute atomic E-state index is 12.9. The third kappa shape index (κ3) is 4.87. The highest BCUT2D eigenvalue weighted by Crippen LogP contribution is 2.18. The van der Waals surface area contributed by atoms with Gasteiger partial charge in [0.05, 0.1) is 12.7 Å². The topological polar surface area (TPSA) is 56.1 Å². The Morgan fingerprint density at radius 2 is 1.95 bits per heavy atom. The van der Waals surface area contributed by atoms with Crippen LogP contribution in [0.2, 0.25) is 0 Å². The fraction of sp³-hybridized carbons (Fsp3) is 0.375. The highest BCUT2D eigenvalue weighted by Gasteiger charge is 2.15. The van der Waals surface area contributed by atoms with Gasteiger partial charge >= 0.3 is 6.09 Å². The Morgan fingerprint density at radius 1 is 1.27 bits per heavy atom. The molecule has 0 bridgehead atoms. The van der Waals surface area contributed by atoms with Gasteiger partial charge < -0.3 is 10.1 Å². The molecule has 0 aliphatic heterocycles. The largest absolute Gasteiger partial charge is 0.444 e. The van der Waals surface area contributed by atoms with Crippen molar-refractivity contribution in [2.24, 2.45) is 0 Å². The van der Waals surface area contributed by atoms with Crippen LogP contribution in [-0.4, -0.2) is 28.0 Å². The highest BCUT2D eigenvalue weighted by molar-refractivity contribution is 5.67. The first-order chi connectivity index (χ1) is 10.3. The zero-order valence-corrected chi connectivity index (χ0v) is 13.0. The average Bonchev–Trinajstić information content (AvgIpc) is 2.86. The zero-order valence-electron chi connectivity index (χ0n) is 13.0. The molecule has 0 atom stereocenters. The molecule has 6 heteroatoms. The van der Waals surface area contributed by atoms with Gasteiger partial charge in [0, 0.05) is 18.3 Å². The summed E-state index contributed by atoms with van der Waals surface area (Å²) in [6.45, 7) is 6.39. The number of nitrogens with zero attached hydrogens (tertiary/aromatic N) is 2. The van der Waals surface area contributed by atoms with Crippen molar-refractivity contribution in [3.8, 4) is 11.1 Å². The molecule has 0 saturated carbocycles. The number of hydrogen-bond donors (Lipinski definition) is 1. The van der Waals surface area contributed by atoms with Crippen LogP contribution in [-0.2, 0) is 11.3 Å². The molecule has 1 aromatic carbocycles. The zero-order chi connectivity index (χ0) is 16.2. The molecule has 5 nitrogen and oxygen atoms in total. The number of ether oxygens (including phenoxy) is 1. The van der Waals surface area contributed by atoms with Gasteiger partial charge in [0.1, 0.15) is 11.4 Å². The molecule has 0 aliphatic rings. The molecule has 118 valence electrons. The van der Waals surface area contributed by atoms with Gasteiger partial charge in [-0.05, 0) is 38.5 Å². The SMILES string of the molecule is CC(C)(C)OC(=O)NCCn1cc(-c2ccc(F)cc2)cn1. The monoisotopic (exact) mass is 305 g/mol. The van der Waals surface area contributed by atoms with Gasteiger partial charge in [0.2, 0.25) is 0 Å². The number of carbonyl (C=O) groups excluding carboxylic acids is 1.